The summed E-state index contributed by atoms with van der Waals surface area (Å²) in [7, 11) is 3.87. The number of nitrogens with zero attached hydrogens (tertiary/aromatic N) is 3. The van der Waals surface area contributed by atoms with E-state index in [0.29, 0.717) is 0 Å². The Morgan fingerprint density at radius 2 is 1.56 bits per heavy atom. The first-order chi connectivity index (χ1) is 12.4. The maximum absolute atomic E-state index is 4.32. The average Bonchev–Trinajstić information content (AvgIpc) is 3.10. The number of hydrogen-bond acceptors (Lipinski definition) is 4. The molecule has 0 aliphatic heterocycles. The van der Waals surface area contributed by atoms with Gasteiger partial charge >= 0.3 is 0 Å². The zero-order chi connectivity index (χ0) is 17.6. The van der Waals surface area contributed by atoms with E-state index in [1.807, 2.05) is 27.9 Å². The quantitative estimate of drug-likeness (QED) is 0.249. The van der Waals surface area contributed by atoms with Crippen LogP contribution in [0.15, 0.2) is 11.5 Å². The van der Waals surface area contributed by atoms with Crippen molar-refractivity contribution in [2.24, 2.45) is 0 Å². The monoisotopic (exact) mass is 383 g/mol. The molecule has 0 bridgehead atoms. The minimum Gasteiger partial charge on any atom is -0.308 e. The summed E-state index contributed by atoms with van der Waals surface area (Å²) < 4.78 is 2.26. The smallest absolute Gasteiger partial charge is 0.201 e. The largest absolute Gasteiger partial charge is 0.308 e. The van der Waals surface area contributed by atoms with Crippen molar-refractivity contribution >= 4 is 21.6 Å². The molecule has 0 radical (unpaired) electrons. The van der Waals surface area contributed by atoms with Crippen molar-refractivity contribution in [3.05, 3.63) is 6.33 Å². The molecule has 0 aromatic carbocycles. The molecule has 0 spiro atoms. The first-order valence-electron chi connectivity index (χ1n) is 10.6. The van der Waals surface area contributed by atoms with Gasteiger partial charge < -0.3 is 4.57 Å². The first kappa shape index (κ1) is 21.1. The van der Waals surface area contributed by atoms with E-state index < -0.39 is 0 Å². The molecule has 0 unspecified atom stereocenters. The van der Waals surface area contributed by atoms with Crippen LogP contribution in [0, 0.1) is 0 Å². The van der Waals surface area contributed by atoms with Crippen molar-refractivity contribution in [1.82, 2.24) is 14.8 Å². The molecule has 1 aromatic heterocycles. The summed E-state index contributed by atoms with van der Waals surface area (Å²) in [4.78, 5) is 0. The third-order valence-electron chi connectivity index (χ3n) is 5.14. The summed E-state index contributed by atoms with van der Waals surface area (Å²) in [6.45, 7) is 3.37. The van der Waals surface area contributed by atoms with E-state index in [0.717, 1.165) is 17.0 Å². The molecular weight excluding hydrogens is 346 g/mol. The van der Waals surface area contributed by atoms with Crippen molar-refractivity contribution in [1.29, 1.82) is 0 Å². The Labute approximate surface area is 162 Å². The van der Waals surface area contributed by atoms with E-state index in [1.54, 1.807) is 0 Å². The van der Waals surface area contributed by atoms with Gasteiger partial charge in [-0.15, -0.1) is 10.2 Å². The van der Waals surface area contributed by atoms with Crippen molar-refractivity contribution in [2.45, 2.75) is 120 Å². The summed E-state index contributed by atoms with van der Waals surface area (Å²) in [6, 6.07) is 0. The lowest BCUT2D eigenvalue weighted by Gasteiger charge is -2.19. The van der Waals surface area contributed by atoms with Gasteiger partial charge in [-0.05, 0) is 30.1 Å². The average molecular weight is 384 g/mol. The molecule has 0 amide bonds. The van der Waals surface area contributed by atoms with Crippen LogP contribution in [0.3, 0.4) is 0 Å². The van der Waals surface area contributed by atoms with Gasteiger partial charge in [0, 0.05) is 11.8 Å². The molecule has 2 rings (SSSR count). The maximum Gasteiger partial charge on any atom is 0.201 e. The minimum atomic E-state index is 0.821. The third kappa shape index (κ3) is 9.37. The fraction of sp³-hybridized carbons (Fsp3) is 0.900. The standard InChI is InChI=1S/C20H37N3S2/c1-2-3-4-5-6-7-8-9-10-14-17-23-18-21-22-20(23)25-24-19-15-12-11-13-16-19/h18-19H,2-17H2,1H3. The summed E-state index contributed by atoms with van der Waals surface area (Å²) in [5, 5.41) is 10.4. The Kier molecular flexibility index (Phi) is 11.8. The van der Waals surface area contributed by atoms with Gasteiger partial charge in [0.15, 0.2) is 0 Å². The molecule has 1 aromatic rings. The van der Waals surface area contributed by atoms with E-state index in [2.05, 4.69) is 21.7 Å². The highest BCUT2D eigenvalue weighted by Crippen LogP contribution is 2.39. The number of rotatable bonds is 14. The summed E-state index contributed by atoms with van der Waals surface area (Å²) in [6.07, 6.45) is 22.8. The lowest BCUT2D eigenvalue weighted by Crippen LogP contribution is -2.06. The molecule has 1 saturated carbocycles. The highest BCUT2D eigenvalue weighted by Gasteiger charge is 2.16. The molecule has 144 valence electrons. The van der Waals surface area contributed by atoms with Crippen LogP contribution in [0.5, 0.6) is 0 Å². The van der Waals surface area contributed by atoms with Crippen LogP contribution in [0.1, 0.15) is 103 Å². The highest BCUT2D eigenvalue weighted by molar-refractivity contribution is 8.76. The van der Waals surface area contributed by atoms with Crippen molar-refractivity contribution in [2.75, 3.05) is 0 Å². The van der Waals surface area contributed by atoms with Gasteiger partial charge in [0.05, 0.1) is 0 Å². The second-order valence-corrected chi connectivity index (χ2v) is 9.90. The molecule has 25 heavy (non-hydrogen) atoms. The zero-order valence-electron chi connectivity index (χ0n) is 16.1. The third-order valence-corrected chi connectivity index (χ3v) is 8.00. The van der Waals surface area contributed by atoms with Gasteiger partial charge in [0.2, 0.25) is 5.16 Å². The van der Waals surface area contributed by atoms with Gasteiger partial charge in [-0.1, -0.05) is 94.8 Å². The maximum atomic E-state index is 4.32. The van der Waals surface area contributed by atoms with E-state index in [4.69, 9.17) is 0 Å². The fourth-order valence-electron chi connectivity index (χ4n) is 3.50. The van der Waals surface area contributed by atoms with E-state index >= 15 is 0 Å². The minimum absolute atomic E-state index is 0.821. The number of unbranched alkanes of at least 4 members (excludes halogenated alkanes) is 9. The zero-order valence-corrected chi connectivity index (χ0v) is 17.8. The molecule has 3 nitrogen and oxygen atoms in total. The summed E-state index contributed by atoms with van der Waals surface area (Å²) in [5.41, 5.74) is 0. The Hall–Kier alpha value is -0.160. The Bertz CT molecular complexity index is 430. The first-order valence-corrected chi connectivity index (χ1v) is 12.8. The van der Waals surface area contributed by atoms with E-state index in [1.165, 1.54) is 96.3 Å². The van der Waals surface area contributed by atoms with Crippen LogP contribution < -0.4 is 0 Å². The molecule has 1 fully saturated rings. The lowest BCUT2D eigenvalue weighted by atomic mass is 10.0. The molecule has 0 saturated heterocycles. The van der Waals surface area contributed by atoms with Gasteiger partial charge in [0.25, 0.3) is 0 Å². The van der Waals surface area contributed by atoms with Crippen molar-refractivity contribution in [3.8, 4) is 0 Å². The molecule has 0 N–H and O–H groups in total. The normalized spacial score (nSPS) is 15.7. The number of aromatic nitrogens is 3. The van der Waals surface area contributed by atoms with Gasteiger partial charge in [-0.2, -0.15) is 0 Å². The van der Waals surface area contributed by atoms with Crippen molar-refractivity contribution < 1.29 is 0 Å². The molecule has 0 atom stereocenters. The highest BCUT2D eigenvalue weighted by atomic mass is 33.1. The Balaban J connectivity index is 1.49. The Morgan fingerprint density at radius 3 is 2.24 bits per heavy atom. The van der Waals surface area contributed by atoms with Gasteiger partial charge in [0.1, 0.15) is 6.33 Å². The van der Waals surface area contributed by atoms with Gasteiger partial charge in [-0.25, -0.2) is 0 Å². The molecular formula is C20H37N3S2. The van der Waals surface area contributed by atoms with Crippen LogP contribution in [0.4, 0.5) is 0 Å². The van der Waals surface area contributed by atoms with Crippen LogP contribution in [-0.4, -0.2) is 20.0 Å². The molecule has 1 aliphatic rings. The van der Waals surface area contributed by atoms with Crippen LogP contribution in [-0.2, 0) is 6.54 Å². The van der Waals surface area contributed by atoms with Crippen LogP contribution in [0.2, 0.25) is 0 Å². The second-order valence-electron chi connectivity index (χ2n) is 7.43. The molecule has 5 heteroatoms. The lowest BCUT2D eigenvalue weighted by molar-refractivity contribution is 0.517. The van der Waals surface area contributed by atoms with E-state index in [-0.39, 0.29) is 0 Å². The SMILES string of the molecule is CCCCCCCCCCCCn1cnnc1SSC1CCCCC1. The molecule has 1 heterocycles. The predicted molar refractivity (Wildman–Crippen MR) is 112 cm³/mol. The molecule has 1 aliphatic carbocycles. The van der Waals surface area contributed by atoms with Crippen molar-refractivity contribution in [3.63, 3.8) is 0 Å². The topological polar surface area (TPSA) is 30.7 Å². The number of hydrogen-bond donors (Lipinski definition) is 0. The predicted octanol–water partition coefficient (Wildman–Crippen LogP) is 7.27. The Morgan fingerprint density at radius 1 is 0.920 bits per heavy atom. The van der Waals surface area contributed by atoms with Crippen LogP contribution >= 0.6 is 21.6 Å². The summed E-state index contributed by atoms with van der Waals surface area (Å²) in [5.74, 6) is 0. The second kappa shape index (κ2) is 14.0. The summed E-state index contributed by atoms with van der Waals surface area (Å²) >= 11 is 0. The van der Waals surface area contributed by atoms with Crippen LogP contribution in [0.25, 0.3) is 0 Å². The number of aryl methyl sites for hydroxylation is 1. The van der Waals surface area contributed by atoms with E-state index in [9.17, 15) is 0 Å². The van der Waals surface area contributed by atoms with Gasteiger partial charge in [-0.3, -0.25) is 0 Å². The fourth-order valence-corrected chi connectivity index (χ4v) is 6.20.